The molecule has 0 spiro atoms. The summed E-state index contributed by atoms with van der Waals surface area (Å²) in [5, 5.41) is 6.29. The van der Waals surface area contributed by atoms with Crippen LogP contribution >= 0.6 is 0 Å². The number of aromatic nitrogens is 3. The number of piperidine rings is 2. The summed E-state index contributed by atoms with van der Waals surface area (Å²) in [4.78, 5) is 14.2. The van der Waals surface area contributed by atoms with E-state index < -0.39 is 0 Å². The van der Waals surface area contributed by atoms with Crippen LogP contribution in [-0.4, -0.2) is 81.9 Å². The number of likely N-dealkylation sites (N-methyl/N-ethyl adjacent to an activating group) is 1. The van der Waals surface area contributed by atoms with Crippen LogP contribution in [0, 0.1) is 5.92 Å². The highest BCUT2D eigenvalue weighted by atomic mass is 15.4. The molecular formula is C24H33N7. The largest absolute Gasteiger partial charge is 0.375 e. The summed E-state index contributed by atoms with van der Waals surface area (Å²) in [5.41, 5.74) is 4.82. The van der Waals surface area contributed by atoms with Gasteiger partial charge in [0, 0.05) is 56.8 Å². The molecule has 0 N–H and O–H groups in total. The molecule has 0 unspecified atom stereocenters. The molecule has 2 aromatic heterocycles. The van der Waals surface area contributed by atoms with Crippen LogP contribution in [0.1, 0.15) is 31.7 Å². The van der Waals surface area contributed by atoms with Crippen molar-refractivity contribution in [3.63, 3.8) is 0 Å². The lowest BCUT2D eigenvalue weighted by molar-refractivity contribution is 0.163. The molecule has 2 aromatic rings. The summed E-state index contributed by atoms with van der Waals surface area (Å²) < 4.78 is 2.27. The van der Waals surface area contributed by atoms with Crippen LogP contribution in [0.25, 0.3) is 11.2 Å². The Labute approximate surface area is 184 Å². The zero-order chi connectivity index (χ0) is 21.2. The predicted octanol–water partition coefficient (Wildman–Crippen LogP) is 3.15. The quantitative estimate of drug-likeness (QED) is 0.745. The molecule has 0 aromatic carbocycles. The van der Waals surface area contributed by atoms with Gasteiger partial charge in [-0.05, 0) is 62.6 Å². The molecule has 0 saturated carbocycles. The van der Waals surface area contributed by atoms with Crippen molar-refractivity contribution in [3.05, 3.63) is 48.6 Å². The fourth-order valence-corrected chi connectivity index (χ4v) is 5.28. The van der Waals surface area contributed by atoms with Crippen LogP contribution in [0.5, 0.6) is 0 Å². The third-order valence-electron chi connectivity index (χ3n) is 7.09. The van der Waals surface area contributed by atoms with Crippen LogP contribution in [-0.2, 0) is 0 Å². The van der Waals surface area contributed by atoms with Crippen LogP contribution in [0.3, 0.4) is 0 Å². The van der Waals surface area contributed by atoms with Crippen molar-refractivity contribution >= 4 is 17.4 Å². The summed E-state index contributed by atoms with van der Waals surface area (Å²) >= 11 is 0. The van der Waals surface area contributed by atoms with E-state index in [9.17, 15) is 0 Å². The summed E-state index contributed by atoms with van der Waals surface area (Å²) in [5.74, 6) is 0.619. The van der Waals surface area contributed by atoms with Crippen molar-refractivity contribution in [3.8, 4) is 0 Å². The predicted molar refractivity (Wildman–Crippen MR) is 125 cm³/mol. The number of hydrogen-bond acceptors (Lipinski definition) is 6. The molecule has 5 rings (SSSR count). The van der Waals surface area contributed by atoms with Gasteiger partial charge in [-0.25, -0.2) is 9.97 Å². The number of likely N-dealkylation sites (tertiary alicyclic amines) is 2. The molecule has 5 heterocycles. The highest BCUT2D eigenvalue weighted by Gasteiger charge is 2.28. The third-order valence-corrected chi connectivity index (χ3v) is 7.09. The first kappa shape index (κ1) is 20.2. The van der Waals surface area contributed by atoms with Crippen LogP contribution in [0.15, 0.2) is 53.7 Å². The lowest BCUT2D eigenvalue weighted by Gasteiger charge is -2.41. The Balaban J connectivity index is 1.11. The normalized spacial score (nSPS) is 21.6. The molecule has 0 aliphatic carbocycles. The van der Waals surface area contributed by atoms with Crippen molar-refractivity contribution in [2.24, 2.45) is 11.0 Å². The molecule has 3 aliphatic heterocycles. The molecule has 31 heavy (non-hydrogen) atoms. The van der Waals surface area contributed by atoms with Crippen LogP contribution < -0.4 is 0 Å². The first-order valence-corrected chi connectivity index (χ1v) is 11.5. The maximum absolute atomic E-state index is 4.55. The summed E-state index contributed by atoms with van der Waals surface area (Å²) in [7, 11) is 2.04. The van der Waals surface area contributed by atoms with Crippen LogP contribution in [0.4, 0.5) is 0 Å². The Morgan fingerprint density at radius 3 is 2.68 bits per heavy atom. The zero-order valence-electron chi connectivity index (χ0n) is 18.5. The molecule has 2 fully saturated rings. The average Bonchev–Trinajstić information content (AvgIpc) is 3.24. The van der Waals surface area contributed by atoms with Gasteiger partial charge in [-0.2, -0.15) is 5.10 Å². The first-order valence-electron chi connectivity index (χ1n) is 11.5. The second kappa shape index (κ2) is 8.83. The molecule has 0 radical (unpaired) electrons. The minimum Gasteiger partial charge on any atom is -0.375 e. The van der Waals surface area contributed by atoms with E-state index in [0.29, 0.717) is 12.0 Å². The fraction of sp³-hybridized carbons (Fsp3) is 0.542. The smallest absolute Gasteiger partial charge is 0.160 e. The summed E-state index contributed by atoms with van der Waals surface area (Å²) in [6, 6.07) is 4.48. The van der Waals surface area contributed by atoms with E-state index in [-0.39, 0.29) is 0 Å². The molecular weight excluding hydrogens is 386 g/mol. The van der Waals surface area contributed by atoms with Gasteiger partial charge in [0.2, 0.25) is 0 Å². The molecule has 2 saturated heterocycles. The minimum absolute atomic E-state index is 0.483. The SMILES string of the molecule is C=C(C1CCN(CC2=CC=NN(C)C2)CC1)N1CCC(n2cnc3cccnc32)CC1. The maximum atomic E-state index is 4.55. The number of imidazole rings is 1. The van der Waals surface area contributed by atoms with Gasteiger partial charge in [-0.3, -0.25) is 9.91 Å². The van der Waals surface area contributed by atoms with Crippen molar-refractivity contribution in [1.82, 2.24) is 29.3 Å². The number of nitrogens with zero attached hydrogens (tertiary/aromatic N) is 7. The maximum Gasteiger partial charge on any atom is 0.160 e. The summed E-state index contributed by atoms with van der Waals surface area (Å²) in [6.07, 6.45) is 12.6. The lowest BCUT2D eigenvalue weighted by Crippen LogP contribution is -2.41. The van der Waals surface area contributed by atoms with Crippen molar-refractivity contribution < 1.29 is 0 Å². The highest BCUT2D eigenvalue weighted by Crippen LogP contribution is 2.32. The highest BCUT2D eigenvalue weighted by molar-refractivity contribution is 5.73. The van der Waals surface area contributed by atoms with E-state index in [0.717, 1.165) is 63.3 Å². The number of pyridine rings is 1. The summed E-state index contributed by atoms with van der Waals surface area (Å²) in [6.45, 7) is 11.0. The van der Waals surface area contributed by atoms with Gasteiger partial charge >= 0.3 is 0 Å². The number of rotatable bonds is 5. The number of fused-ring (bicyclic) bond motifs is 1. The van der Waals surface area contributed by atoms with Crippen molar-refractivity contribution in [2.75, 3.05) is 46.3 Å². The Hall–Kier alpha value is -2.67. The van der Waals surface area contributed by atoms with Crippen molar-refractivity contribution in [2.45, 2.75) is 31.7 Å². The van der Waals surface area contributed by atoms with E-state index in [1.807, 2.05) is 42.9 Å². The molecule has 7 nitrogen and oxygen atoms in total. The van der Waals surface area contributed by atoms with Gasteiger partial charge in [-0.1, -0.05) is 6.58 Å². The van der Waals surface area contributed by atoms with E-state index in [1.165, 1.54) is 24.1 Å². The Morgan fingerprint density at radius 2 is 1.90 bits per heavy atom. The number of hydrogen-bond donors (Lipinski definition) is 0. The monoisotopic (exact) mass is 419 g/mol. The van der Waals surface area contributed by atoms with Gasteiger partial charge < -0.3 is 9.47 Å². The Bertz CT molecular complexity index is 975. The van der Waals surface area contributed by atoms with Crippen molar-refractivity contribution in [1.29, 1.82) is 0 Å². The molecule has 0 atom stereocenters. The zero-order valence-corrected chi connectivity index (χ0v) is 18.5. The Kier molecular flexibility index (Phi) is 5.76. The standard InChI is InChI=1S/C24H33N7/c1-19(21-6-12-29(13-7-21)17-20-5-11-27-28(2)16-20)30-14-8-22(9-15-30)31-18-26-23-4-3-10-25-24(23)31/h3-5,10-11,18,21-22H,1,6-9,12-17H2,2H3. The van der Waals surface area contributed by atoms with E-state index in [1.54, 1.807) is 0 Å². The molecule has 3 aliphatic rings. The number of hydrazone groups is 1. The topological polar surface area (TPSA) is 52.8 Å². The van der Waals surface area contributed by atoms with Gasteiger partial charge in [0.25, 0.3) is 0 Å². The van der Waals surface area contributed by atoms with E-state index in [4.69, 9.17) is 0 Å². The first-order chi connectivity index (χ1) is 15.2. The third kappa shape index (κ3) is 4.37. The Morgan fingerprint density at radius 1 is 1.10 bits per heavy atom. The lowest BCUT2D eigenvalue weighted by atomic mass is 9.91. The second-order valence-electron chi connectivity index (χ2n) is 9.16. The van der Waals surface area contributed by atoms with Gasteiger partial charge in [0.15, 0.2) is 5.65 Å². The van der Waals surface area contributed by atoms with Gasteiger partial charge in [0.05, 0.1) is 12.9 Å². The number of allylic oxidation sites excluding steroid dienone is 2. The van der Waals surface area contributed by atoms with E-state index >= 15 is 0 Å². The van der Waals surface area contributed by atoms with E-state index in [2.05, 4.69) is 42.1 Å². The van der Waals surface area contributed by atoms with Gasteiger partial charge in [0.1, 0.15) is 5.52 Å². The molecule has 0 amide bonds. The second-order valence-corrected chi connectivity index (χ2v) is 9.16. The molecule has 0 bridgehead atoms. The molecule has 164 valence electrons. The minimum atomic E-state index is 0.483. The fourth-order valence-electron chi connectivity index (χ4n) is 5.28. The molecule has 7 heteroatoms. The van der Waals surface area contributed by atoms with Gasteiger partial charge in [-0.15, -0.1) is 0 Å². The average molecular weight is 420 g/mol. The van der Waals surface area contributed by atoms with Crippen LogP contribution in [0.2, 0.25) is 0 Å².